The van der Waals surface area contributed by atoms with E-state index in [2.05, 4.69) is 11.8 Å². The number of fused-ring (bicyclic) bond motifs is 1. The van der Waals surface area contributed by atoms with Gasteiger partial charge >= 0.3 is 0 Å². The SMILES string of the molecule is CCCN1CCN(C(=O)[C@@H]2c3ccccc3C(=O)N(Cc3ccc(F)cc3)[C@@H]2c2ccc(OC)cc2)CC1. The lowest BCUT2D eigenvalue weighted by atomic mass is 9.78. The van der Waals surface area contributed by atoms with Gasteiger partial charge in [-0.05, 0) is 60.0 Å². The minimum absolute atomic E-state index is 0.0334. The molecule has 7 heteroatoms. The number of carbonyl (C=O) groups excluding carboxylic acids is 2. The van der Waals surface area contributed by atoms with Crippen LogP contribution < -0.4 is 4.74 Å². The molecule has 3 aromatic carbocycles. The van der Waals surface area contributed by atoms with Crippen molar-refractivity contribution in [1.82, 2.24) is 14.7 Å². The third-order valence-electron chi connectivity index (χ3n) is 7.65. The van der Waals surface area contributed by atoms with E-state index < -0.39 is 12.0 Å². The van der Waals surface area contributed by atoms with Crippen LogP contribution in [0.2, 0.25) is 0 Å². The highest BCUT2D eigenvalue weighted by atomic mass is 19.1. The van der Waals surface area contributed by atoms with Crippen LogP contribution in [-0.2, 0) is 11.3 Å². The second-order valence-corrected chi connectivity index (χ2v) is 10.0. The minimum atomic E-state index is -0.560. The maximum atomic E-state index is 14.3. The maximum Gasteiger partial charge on any atom is 0.255 e. The normalized spacial score (nSPS) is 19.8. The summed E-state index contributed by atoms with van der Waals surface area (Å²) >= 11 is 0. The first-order chi connectivity index (χ1) is 18.5. The lowest BCUT2D eigenvalue weighted by Gasteiger charge is -2.44. The molecule has 1 saturated heterocycles. The van der Waals surface area contributed by atoms with Crippen molar-refractivity contribution >= 4 is 11.8 Å². The number of amides is 2. The first-order valence-corrected chi connectivity index (χ1v) is 13.3. The van der Waals surface area contributed by atoms with Crippen molar-refractivity contribution in [2.45, 2.75) is 31.8 Å². The van der Waals surface area contributed by atoms with Crippen LogP contribution in [0.4, 0.5) is 4.39 Å². The Morgan fingerprint density at radius 1 is 0.947 bits per heavy atom. The molecule has 0 aliphatic carbocycles. The fourth-order valence-corrected chi connectivity index (χ4v) is 5.70. The average molecular weight is 516 g/mol. The Bertz CT molecular complexity index is 1270. The van der Waals surface area contributed by atoms with Gasteiger partial charge in [0.1, 0.15) is 11.6 Å². The Kier molecular flexibility index (Phi) is 7.74. The fraction of sp³-hybridized carbons (Fsp3) is 0.355. The predicted octanol–water partition coefficient (Wildman–Crippen LogP) is 4.87. The molecule has 6 nitrogen and oxygen atoms in total. The lowest BCUT2D eigenvalue weighted by molar-refractivity contribution is -0.136. The van der Waals surface area contributed by atoms with Gasteiger partial charge in [0.05, 0.1) is 19.1 Å². The van der Waals surface area contributed by atoms with Crippen LogP contribution in [-0.4, -0.2) is 66.3 Å². The van der Waals surface area contributed by atoms with E-state index in [0.29, 0.717) is 24.4 Å². The molecule has 2 heterocycles. The van der Waals surface area contributed by atoms with Gasteiger partial charge in [0, 0.05) is 38.3 Å². The lowest BCUT2D eigenvalue weighted by Crippen LogP contribution is -2.53. The fourth-order valence-electron chi connectivity index (χ4n) is 5.70. The van der Waals surface area contributed by atoms with E-state index in [4.69, 9.17) is 4.74 Å². The predicted molar refractivity (Wildman–Crippen MR) is 145 cm³/mol. The molecular formula is C31H34FN3O3. The second kappa shape index (κ2) is 11.4. The number of rotatable bonds is 7. The average Bonchev–Trinajstić information content (AvgIpc) is 2.96. The van der Waals surface area contributed by atoms with Crippen molar-refractivity contribution in [3.05, 3.63) is 101 Å². The Hall–Kier alpha value is -3.71. The Labute approximate surface area is 223 Å². The summed E-state index contributed by atoms with van der Waals surface area (Å²) in [5, 5.41) is 0. The van der Waals surface area contributed by atoms with E-state index in [9.17, 15) is 14.0 Å². The number of carbonyl (C=O) groups is 2. The van der Waals surface area contributed by atoms with Gasteiger partial charge in [0.25, 0.3) is 5.91 Å². The second-order valence-electron chi connectivity index (χ2n) is 10.0. The first-order valence-electron chi connectivity index (χ1n) is 13.3. The molecule has 198 valence electrons. The van der Waals surface area contributed by atoms with Gasteiger partial charge in [0.15, 0.2) is 0 Å². The third-order valence-corrected chi connectivity index (χ3v) is 7.65. The van der Waals surface area contributed by atoms with Gasteiger partial charge in [-0.15, -0.1) is 0 Å². The number of hydrogen-bond donors (Lipinski definition) is 0. The van der Waals surface area contributed by atoms with Crippen molar-refractivity contribution in [2.24, 2.45) is 0 Å². The van der Waals surface area contributed by atoms with E-state index in [1.54, 1.807) is 30.2 Å². The molecule has 2 aliphatic rings. The van der Waals surface area contributed by atoms with Crippen LogP contribution in [0.15, 0.2) is 72.8 Å². The summed E-state index contributed by atoms with van der Waals surface area (Å²) in [6, 6.07) is 20.7. The summed E-state index contributed by atoms with van der Waals surface area (Å²) in [5.41, 5.74) is 2.97. The third kappa shape index (κ3) is 5.16. The van der Waals surface area contributed by atoms with Crippen LogP contribution in [0.1, 0.15) is 52.4 Å². The maximum absolute atomic E-state index is 14.3. The van der Waals surface area contributed by atoms with Crippen LogP contribution >= 0.6 is 0 Å². The van der Waals surface area contributed by atoms with Crippen molar-refractivity contribution in [1.29, 1.82) is 0 Å². The summed E-state index contributed by atoms with van der Waals surface area (Å²) in [6.07, 6.45) is 1.09. The molecule has 2 aliphatic heterocycles. The van der Waals surface area contributed by atoms with Crippen LogP contribution in [0.25, 0.3) is 0 Å². The topological polar surface area (TPSA) is 53.1 Å². The van der Waals surface area contributed by atoms with Crippen LogP contribution in [0.3, 0.4) is 0 Å². The number of benzene rings is 3. The number of methoxy groups -OCH3 is 1. The Morgan fingerprint density at radius 3 is 2.29 bits per heavy atom. The zero-order valence-electron chi connectivity index (χ0n) is 22.0. The highest BCUT2D eigenvalue weighted by Crippen LogP contribution is 2.44. The minimum Gasteiger partial charge on any atom is -0.497 e. The molecule has 0 unspecified atom stereocenters. The summed E-state index contributed by atoms with van der Waals surface area (Å²) in [4.78, 5) is 34.4. The molecule has 5 rings (SSSR count). The number of hydrogen-bond acceptors (Lipinski definition) is 4. The zero-order valence-corrected chi connectivity index (χ0v) is 22.0. The number of ether oxygens (including phenoxy) is 1. The van der Waals surface area contributed by atoms with E-state index >= 15 is 0 Å². The standard InChI is InChI=1S/C31H34FN3O3/c1-3-16-33-17-19-34(20-18-33)31(37)28-26-6-4-5-7-27(26)30(36)35(21-22-8-12-24(32)13-9-22)29(28)23-10-14-25(38-2)15-11-23/h4-15,28-29H,3,16-21H2,1-2H3/t28-,29-/m1/s1. The number of halogens is 1. The highest BCUT2D eigenvalue weighted by Gasteiger charge is 2.45. The molecule has 0 aromatic heterocycles. The number of nitrogens with zero attached hydrogens (tertiary/aromatic N) is 3. The monoisotopic (exact) mass is 515 g/mol. The molecule has 3 aromatic rings. The molecular weight excluding hydrogens is 481 g/mol. The van der Waals surface area contributed by atoms with Gasteiger partial charge < -0.3 is 14.5 Å². The molecule has 0 saturated carbocycles. The zero-order chi connectivity index (χ0) is 26.6. The molecule has 0 spiro atoms. The summed E-state index contributed by atoms with van der Waals surface area (Å²) < 4.78 is 19.0. The molecule has 0 bridgehead atoms. The summed E-state index contributed by atoms with van der Waals surface area (Å²) in [5.74, 6) is -0.286. The molecule has 0 N–H and O–H groups in total. The Morgan fingerprint density at radius 2 is 1.63 bits per heavy atom. The van der Waals surface area contributed by atoms with E-state index in [-0.39, 0.29) is 24.2 Å². The quantitative estimate of drug-likeness (QED) is 0.451. The van der Waals surface area contributed by atoms with E-state index in [1.165, 1.54) is 12.1 Å². The van der Waals surface area contributed by atoms with Gasteiger partial charge in [0.2, 0.25) is 5.91 Å². The molecule has 1 fully saturated rings. The van der Waals surface area contributed by atoms with Crippen molar-refractivity contribution in [3.8, 4) is 5.75 Å². The van der Waals surface area contributed by atoms with E-state index in [1.807, 2.05) is 47.4 Å². The van der Waals surface area contributed by atoms with Gasteiger partial charge in [-0.3, -0.25) is 14.5 Å². The first kappa shape index (κ1) is 25.9. The van der Waals surface area contributed by atoms with Crippen LogP contribution in [0.5, 0.6) is 5.75 Å². The Balaban J connectivity index is 1.57. The highest BCUT2D eigenvalue weighted by molar-refractivity contribution is 6.01. The van der Waals surface area contributed by atoms with E-state index in [0.717, 1.165) is 42.7 Å². The molecule has 2 atom stereocenters. The van der Waals surface area contributed by atoms with Gasteiger partial charge in [-0.1, -0.05) is 49.4 Å². The summed E-state index contributed by atoms with van der Waals surface area (Å²) in [7, 11) is 1.61. The molecule has 2 amide bonds. The molecule has 0 radical (unpaired) electrons. The summed E-state index contributed by atoms with van der Waals surface area (Å²) in [6.45, 7) is 6.49. The molecule has 38 heavy (non-hydrogen) atoms. The van der Waals surface area contributed by atoms with Crippen molar-refractivity contribution in [2.75, 3.05) is 39.8 Å². The largest absolute Gasteiger partial charge is 0.497 e. The smallest absolute Gasteiger partial charge is 0.255 e. The van der Waals surface area contributed by atoms with Gasteiger partial charge in [-0.2, -0.15) is 0 Å². The number of piperazine rings is 1. The van der Waals surface area contributed by atoms with Gasteiger partial charge in [-0.25, -0.2) is 4.39 Å². The van der Waals surface area contributed by atoms with Crippen molar-refractivity contribution in [3.63, 3.8) is 0 Å². The van der Waals surface area contributed by atoms with Crippen LogP contribution in [0, 0.1) is 5.82 Å². The van der Waals surface area contributed by atoms with Crippen molar-refractivity contribution < 1.29 is 18.7 Å².